The van der Waals surface area contributed by atoms with Crippen LogP contribution in [-0.2, 0) is 9.53 Å². The fourth-order valence-electron chi connectivity index (χ4n) is 2.13. The predicted molar refractivity (Wildman–Crippen MR) is 126 cm³/mol. The zero-order chi connectivity index (χ0) is 21.0. The Morgan fingerprint density at radius 3 is 2.38 bits per heavy atom. The van der Waals surface area contributed by atoms with Crippen molar-refractivity contribution < 1.29 is 14.3 Å². The van der Waals surface area contributed by atoms with Gasteiger partial charge in [0.05, 0.1) is 0 Å². The average molecular weight is 520 g/mol. The molecule has 4 N–H and O–H groups in total. The molecule has 164 valence electrons. The van der Waals surface area contributed by atoms with E-state index in [0.29, 0.717) is 37.8 Å². The second-order valence-electron chi connectivity index (χ2n) is 7.17. The Hall–Kier alpha value is -2.11. The summed E-state index contributed by atoms with van der Waals surface area (Å²) in [5.41, 5.74) is 0.345. The number of alkyl carbamates (subject to hydrolysis) is 1. The average Bonchev–Trinajstić information content (AvgIpc) is 2.58. The number of aromatic nitrogens is 1. The molecule has 1 heterocycles. The van der Waals surface area contributed by atoms with Gasteiger partial charge in [-0.25, -0.2) is 9.78 Å². The van der Waals surface area contributed by atoms with Crippen molar-refractivity contribution in [3.8, 4) is 0 Å². The Kier molecular flexibility index (Phi) is 12.9. The molecule has 0 spiro atoms. The van der Waals surface area contributed by atoms with E-state index in [9.17, 15) is 9.59 Å². The van der Waals surface area contributed by atoms with Crippen LogP contribution in [0, 0.1) is 6.92 Å². The highest BCUT2D eigenvalue weighted by molar-refractivity contribution is 14.0. The third-order valence-corrected chi connectivity index (χ3v) is 3.34. The molecule has 2 amide bonds. The maximum absolute atomic E-state index is 12.0. The molecule has 10 heteroatoms. The van der Waals surface area contributed by atoms with Crippen LogP contribution in [-0.4, -0.2) is 55.2 Å². The molecule has 0 aliphatic rings. The van der Waals surface area contributed by atoms with Crippen LogP contribution in [0.4, 0.5) is 10.6 Å². The molecular weight excluding hydrogens is 487 g/mol. The molecule has 9 nitrogen and oxygen atoms in total. The number of aryl methyl sites for hydroxylation is 1. The van der Waals surface area contributed by atoms with Gasteiger partial charge in [-0.3, -0.25) is 9.79 Å². The molecule has 0 aromatic carbocycles. The van der Waals surface area contributed by atoms with Crippen LogP contribution in [0.1, 0.15) is 39.3 Å². The molecule has 0 fully saturated rings. The lowest BCUT2D eigenvalue weighted by atomic mass is 10.2. The Labute approximate surface area is 189 Å². The highest BCUT2D eigenvalue weighted by Crippen LogP contribution is 2.06. The summed E-state index contributed by atoms with van der Waals surface area (Å²) in [6, 6.07) is 5.47. The summed E-state index contributed by atoms with van der Waals surface area (Å²) in [4.78, 5) is 31.8. The number of aliphatic imine (C=N–C) groups is 1. The van der Waals surface area contributed by atoms with Crippen molar-refractivity contribution in [1.82, 2.24) is 20.9 Å². The van der Waals surface area contributed by atoms with Crippen LogP contribution in [0.5, 0.6) is 0 Å². The van der Waals surface area contributed by atoms with E-state index in [-0.39, 0.29) is 36.3 Å². The quantitative estimate of drug-likeness (QED) is 0.181. The van der Waals surface area contributed by atoms with Crippen molar-refractivity contribution in [1.29, 1.82) is 0 Å². The van der Waals surface area contributed by atoms with Gasteiger partial charge in [0.15, 0.2) is 5.96 Å². The fourth-order valence-corrected chi connectivity index (χ4v) is 2.13. The summed E-state index contributed by atoms with van der Waals surface area (Å²) < 4.78 is 5.16. The molecule has 0 unspecified atom stereocenters. The van der Waals surface area contributed by atoms with E-state index in [0.717, 1.165) is 5.69 Å². The van der Waals surface area contributed by atoms with Crippen LogP contribution >= 0.6 is 24.0 Å². The number of nitrogens with zero attached hydrogens (tertiary/aromatic N) is 2. The lowest BCUT2D eigenvalue weighted by Gasteiger charge is -2.19. The van der Waals surface area contributed by atoms with Gasteiger partial charge in [-0.1, -0.05) is 6.07 Å². The first-order chi connectivity index (χ1) is 13.2. The molecule has 1 rings (SSSR count). The standard InChI is InChI=1S/C19H32N6O3.HI/c1-14-8-6-9-15(24-14)25-16(26)10-13-22-17(20-5)21-11-7-12-23-18(27)28-19(2,3)4;/h6,8-9H,7,10-13H2,1-5H3,(H,23,27)(H2,20,21,22)(H,24,25,26);1H. The molecule has 0 saturated carbocycles. The lowest BCUT2D eigenvalue weighted by Crippen LogP contribution is -2.40. The van der Waals surface area contributed by atoms with Gasteiger partial charge in [0, 0.05) is 38.8 Å². The smallest absolute Gasteiger partial charge is 0.407 e. The van der Waals surface area contributed by atoms with Crippen molar-refractivity contribution in [2.75, 3.05) is 32.0 Å². The molecular formula is C19H33IN6O3. The SMILES string of the molecule is CN=C(NCCCNC(=O)OC(C)(C)C)NCCC(=O)Nc1cccc(C)n1.I. The molecule has 1 aromatic heterocycles. The first kappa shape index (κ1) is 26.9. The Morgan fingerprint density at radius 1 is 1.10 bits per heavy atom. The number of amides is 2. The molecule has 0 atom stereocenters. The first-order valence-corrected chi connectivity index (χ1v) is 9.34. The van der Waals surface area contributed by atoms with Crippen LogP contribution in [0.3, 0.4) is 0 Å². The van der Waals surface area contributed by atoms with E-state index in [1.54, 1.807) is 13.1 Å². The Balaban J connectivity index is 0.00000784. The van der Waals surface area contributed by atoms with Crippen LogP contribution in [0.15, 0.2) is 23.2 Å². The zero-order valence-corrected chi connectivity index (χ0v) is 20.1. The molecule has 0 aliphatic heterocycles. The van der Waals surface area contributed by atoms with Crippen LogP contribution < -0.4 is 21.3 Å². The third kappa shape index (κ3) is 13.7. The number of carbonyl (C=O) groups excluding carboxylic acids is 2. The summed E-state index contributed by atoms with van der Waals surface area (Å²) in [6.07, 6.45) is 0.569. The van der Waals surface area contributed by atoms with Gasteiger partial charge in [-0.2, -0.15) is 0 Å². The topological polar surface area (TPSA) is 117 Å². The molecule has 0 bridgehead atoms. The van der Waals surface area contributed by atoms with E-state index in [1.807, 2.05) is 39.8 Å². The van der Waals surface area contributed by atoms with E-state index in [1.165, 1.54) is 0 Å². The lowest BCUT2D eigenvalue weighted by molar-refractivity contribution is -0.116. The number of carbonyl (C=O) groups is 2. The third-order valence-electron chi connectivity index (χ3n) is 3.34. The first-order valence-electron chi connectivity index (χ1n) is 9.34. The maximum atomic E-state index is 12.0. The van der Waals surface area contributed by atoms with Gasteiger partial charge < -0.3 is 26.0 Å². The minimum atomic E-state index is -0.504. The Bertz CT molecular complexity index is 676. The van der Waals surface area contributed by atoms with Crippen LogP contribution in [0.2, 0.25) is 0 Å². The van der Waals surface area contributed by atoms with Gasteiger partial charge in [-0.15, -0.1) is 24.0 Å². The van der Waals surface area contributed by atoms with E-state index >= 15 is 0 Å². The fraction of sp³-hybridized carbons (Fsp3) is 0.579. The predicted octanol–water partition coefficient (Wildman–Crippen LogP) is 2.42. The van der Waals surface area contributed by atoms with Crippen molar-refractivity contribution in [3.63, 3.8) is 0 Å². The second-order valence-corrected chi connectivity index (χ2v) is 7.17. The summed E-state index contributed by atoms with van der Waals surface area (Å²) >= 11 is 0. The van der Waals surface area contributed by atoms with Gasteiger partial charge in [0.25, 0.3) is 0 Å². The summed E-state index contributed by atoms with van der Waals surface area (Å²) in [5.74, 6) is 1.02. The normalized spacial score (nSPS) is 11.1. The molecule has 0 aliphatic carbocycles. The number of nitrogens with one attached hydrogen (secondary N) is 4. The minimum absolute atomic E-state index is 0. The van der Waals surface area contributed by atoms with Crippen LogP contribution in [0.25, 0.3) is 0 Å². The largest absolute Gasteiger partial charge is 0.444 e. The number of pyridine rings is 1. The highest BCUT2D eigenvalue weighted by atomic mass is 127. The van der Waals surface area contributed by atoms with Crippen molar-refractivity contribution in [3.05, 3.63) is 23.9 Å². The summed E-state index contributed by atoms with van der Waals surface area (Å²) in [7, 11) is 1.66. The number of hydrogen-bond acceptors (Lipinski definition) is 5. The van der Waals surface area contributed by atoms with Gasteiger partial charge in [-0.05, 0) is 46.2 Å². The van der Waals surface area contributed by atoms with E-state index in [2.05, 4.69) is 31.2 Å². The van der Waals surface area contributed by atoms with Gasteiger partial charge >= 0.3 is 6.09 Å². The maximum Gasteiger partial charge on any atom is 0.407 e. The summed E-state index contributed by atoms with van der Waals surface area (Å²) in [5, 5.41) is 11.7. The zero-order valence-electron chi connectivity index (χ0n) is 17.8. The molecule has 0 radical (unpaired) electrons. The van der Waals surface area contributed by atoms with Crippen molar-refractivity contribution in [2.45, 2.75) is 46.1 Å². The molecule has 0 saturated heterocycles. The molecule has 1 aromatic rings. The number of halogens is 1. The monoisotopic (exact) mass is 520 g/mol. The summed E-state index contributed by atoms with van der Waals surface area (Å²) in [6.45, 7) is 8.88. The number of ether oxygens (including phenoxy) is 1. The number of rotatable bonds is 8. The van der Waals surface area contributed by atoms with Gasteiger partial charge in [0.1, 0.15) is 11.4 Å². The minimum Gasteiger partial charge on any atom is -0.444 e. The Morgan fingerprint density at radius 2 is 1.76 bits per heavy atom. The van der Waals surface area contributed by atoms with E-state index < -0.39 is 11.7 Å². The number of guanidine groups is 1. The number of anilines is 1. The second kappa shape index (κ2) is 14.0. The highest BCUT2D eigenvalue weighted by Gasteiger charge is 2.15. The van der Waals surface area contributed by atoms with Crippen molar-refractivity contribution >= 4 is 47.8 Å². The van der Waals surface area contributed by atoms with E-state index in [4.69, 9.17) is 4.74 Å². The molecule has 29 heavy (non-hydrogen) atoms. The number of hydrogen-bond donors (Lipinski definition) is 4. The van der Waals surface area contributed by atoms with Gasteiger partial charge in [0.2, 0.25) is 5.91 Å². The van der Waals surface area contributed by atoms with Crippen molar-refractivity contribution in [2.24, 2.45) is 4.99 Å².